The van der Waals surface area contributed by atoms with Crippen molar-refractivity contribution in [3.8, 4) is 0 Å². The summed E-state index contributed by atoms with van der Waals surface area (Å²) in [5, 5.41) is 3.54. The lowest BCUT2D eigenvalue weighted by atomic mass is 10.1. The normalized spacial score (nSPS) is 13.1. The molecule has 1 heterocycles. The van der Waals surface area contributed by atoms with Crippen LogP contribution in [0.4, 0.5) is 0 Å². The van der Waals surface area contributed by atoms with Gasteiger partial charge in [0.25, 0.3) is 11.8 Å². The van der Waals surface area contributed by atoms with Gasteiger partial charge in [0.2, 0.25) is 5.89 Å². The second kappa shape index (κ2) is 9.94. The highest BCUT2D eigenvalue weighted by Gasteiger charge is 2.24. The number of nitrogens with one attached hydrogen (secondary N) is 1. The molecule has 0 radical (unpaired) electrons. The van der Waals surface area contributed by atoms with Crippen LogP contribution in [0, 0.1) is 0 Å². The Morgan fingerprint density at radius 2 is 1.89 bits per heavy atom. The maximum Gasteiger partial charge on any atom is 0.273 e. The van der Waals surface area contributed by atoms with E-state index in [2.05, 4.69) is 10.3 Å². The molecular formula is C20H25Cl2N3O3. The first-order chi connectivity index (χ1) is 13.3. The SMILES string of the molecule is CCC(C)NC(=O)c1coc(CN(C(=O)c2ccc(Cl)c(Cl)c2)C(C)CC)n1. The van der Waals surface area contributed by atoms with Crippen molar-refractivity contribution in [3.05, 3.63) is 51.7 Å². The number of oxazole rings is 1. The number of hydrogen-bond donors (Lipinski definition) is 1. The molecule has 0 fully saturated rings. The maximum absolute atomic E-state index is 13.0. The second-order valence-corrected chi connectivity index (χ2v) is 7.54. The summed E-state index contributed by atoms with van der Waals surface area (Å²) in [6, 6.07) is 4.75. The molecule has 2 unspecified atom stereocenters. The highest BCUT2D eigenvalue weighted by atomic mass is 35.5. The number of aromatic nitrogens is 1. The molecule has 1 aromatic carbocycles. The molecular weight excluding hydrogens is 401 g/mol. The third-order valence-corrected chi connectivity index (χ3v) is 5.37. The van der Waals surface area contributed by atoms with Crippen molar-refractivity contribution in [1.82, 2.24) is 15.2 Å². The monoisotopic (exact) mass is 425 g/mol. The van der Waals surface area contributed by atoms with E-state index in [4.69, 9.17) is 27.6 Å². The number of carbonyl (C=O) groups is 2. The zero-order valence-corrected chi connectivity index (χ0v) is 18.0. The minimum absolute atomic E-state index is 0.0421. The van der Waals surface area contributed by atoms with Crippen LogP contribution in [0.25, 0.3) is 0 Å². The quantitative estimate of drug-likeness (QED) is 0.648. The van der Waals surface area contributed by atoms with Gasteiger partial charge in [-0.05, 0) is 44.9 Å². The van der Waals surface area contributed by atoms with E-state index in [1.807, 2.05) is 27.7 Å². The second-order valence-electron chi connectivity index (χ2n) is 6.73. The molecule has 0 aliphatic rings. The van der Waals surface area contributed by atoms with Crippen LogP contribution in [0.1, 0.15) is 67.3 Å². The van der Waals surface area contributed by atoms with Gasteiger partial charge in [-0.1, -0.05) is 37.0 Å². The van der Waals surface area contributed by atoms with E-state index in [1.54, 1.807) is 23.1 Å². The zero-order chi connectivity index (χ0) is 20.8. The van der Waals surface area contributed by atoms with Gasteiger partial charge in [-0.3, -0.25) is 9.59 Å². The maximum atomic E-state index is 13.0. The number of hydrogen-bond acceptors (Lipinski definition) is 4. The highest BCUT2D eigenvalue weighted by molar-refractivity contribution is 6.42. The predicted octanol–water partition coefficient (Wildman–Crippen LogP) is 4.95. The Kier molecular flexibility index (Phi) is 7.89. The summed E-state index contributed by atoms with van der Waals surface area (Å²) in [5.41, 5.74) is 0.623. The first-order valence-electron chi connectivity index (χ1n) is 9.28. The lowest BCUT2D eigenvalue weighted by molar-refractivity contribution is 0.0652. The average molecular weight is 426 g/mol. The molecule has 1 N–H and O–H groups in total. The fourth-order valence-electron chi connectivity index (χ4n) is 2.48. The van der Waals surface area contributed by atoms with Crippen LogP contribution in [-0.2, 0) is 6.54 Å². The zero-order valence-electron chi connectivity index (χ0n) is 16.5. The van der Waals surface area contributed by atoms with Crippen molar-refractivity contribution in [2.75, 3.05) is 0 Å². The van der Waals surface area contributed by atoms with Crippen molar-refractivity contribution in [3.63, 3.8) is 0 Å². The standard InChI is InChI=1S/C20H25Cl2N3O3/c1-5-12(3)23-19(26)17-11-28-18(24-17)10-25(13(4)6-2)20(27)14-7-8-15(21)16(22)9-14/h7-9,11-13H,5-6,10H2,1-4H3,(H,23,26). The van der Waals surface area contributed by atoms with Gasteiger partial charge in [-0.2, -0.15) is 0 Å². The summed E-state index contributed by atoms with van der Waals surface area (Å²) < 4.78 is 5.44. The third kappa shape index (κ3) is 5.49. The fraction of sp³-hybridized carbons (Fsp3) is 0.450. The summed E-state index contributed by atoms with van der Waals surface area (Å²) in [5.74, 6) is -0.213. The number of rotatable bonds is 8. The summed E-state index contributed by atoms with van der Waals surface area (Å²) in [6.07, 6.45) is 2.87. The summed E-state index contributed by atoms with van der Waals surface area (Å²) >= 11 is 12.0. The molecule has 2 rings (SSSR count). The number of amides is 2. The molecule has 0 aliphatic heterocycles. The Morgan fingerprint density at radius 3 is 2.50 bits per heavy atom. The number of nitrogens with zero attached hydrogens (tertiary/aromatic N) is 2. The van der Waals surface area contributed by atoms with E-state index >= 15 is 0 Å². The fourth-order valence-corrected chi connectivity index (χ4v) is 2.77. The Morgan fingerprint density at radius 1 is 1.18 bits per heavy atom. The Labute approximate surface area is 175 Å². The molecule has 2 aromatic rings. The van der Waals surface area contributed by atoms with Crippen LogP contribution in [0.3, 0.4) is 0 Å². The van der Waals surface area contributed by atoms with Crippen LogP contribution >= 0.6 is 23.2 Å². The summed E-state index contributed by atoms with van der Waals surface area (Å²) in [7, 11) is 0. The van der Waals surface area contributed by atoms with Crippen molar-refractivity contribution in [1.29, 1.82) is 0 Å². The number of halogens is 2. The van der Waals surface area contributed by atoms with Crippen molar-refractivity contribution < 1.29 is 14.0 Å². The van der Waals surface area contributed by atoms with Crippen molar-refractivity contribution >= 4 is 35.0 Å². The van der Waals surface area contributed by atoms with E-state index in [0.29, 0.717) is 21.5 Å². The lowest BCUT2D eigenvalue weighted by Crippen LogP contribution is -2.38. The topological polar surface area (TPSA) is 75.4 Å². The largest absolute Gasteiger partial charge is 0.446 e. The molecule has 1 aromatic heterocycles. The first-order valence-corrected chi connectivity index (χ1v) is 10.0. The number of benzene rings is 1. The van der Waals surface area contributed by atoms with Crippen LogP contribution in [0.2, 0.25) is 10.0 Å². The van der Waals surface area contributed by atoms with Gasteiger partial charge in [0.05, 0.1) is 16.6 Å². The molecule has 8 heteroatoms. The molecule has 0 saturated heterocycles. The highest BCUT2D eigenvalue weighted by Crippen LogP contribution is 2.24. The van der Waals surface area contributed by atoms with Gasteiger partial charge >= 0.3 is 0 Å². The molecule has 152 valence electrons. The smallest absolute Gasteiger partial charge is 0.273 e. The van der Waals surface area contributed by atoms with Gasteiger partial charge < -0.3 is 14.6 Å². The molecule has 0 bridgehead atoms. The number of carbonyl (C=O) groups excluding carboxylic acids is 2. The summed E-state index contributed by atoms with van der Waals surface area (Å²) in [6.45, 7) is 7.97. The third-order valence-electron chi connectivity index (χ3n) is 4.63. The van der Waals surface area contributed by atoms with E-state index in [1.165, 1.54) is 6.26 Å². The molecule has 0 spiro atoms. The van der Waals surface area contributed by atoms with E-state index < -0.39 is 0 Å². The minimum Gasteiger partial charge on any atom is -0.446 e. The molecule has 0 saturated carbocycles. The molecule has 6 nitrogen and oxygen atoms in total. The van der Waals surface area contributed by atoms with Gasteiger partial charge in [-0.25, -0.2) is 4.98 Å². The van der Waals surface area contributed by atoms with Gasteiger partial charge in [-0.15, -0.1) is 0 Å². The van der Waals surface area contributed by atoms with Crippen LogP contribution in [-0.4, -0.2) is 33.8 Å². The van der Waals surface area contributed by atoms with E-state index in [0.717, 1.165) is 12.8 Å². The van der Waals surface area contributed by atoms with Crippen molar-refractivity contribution in [2.24, 2.45) is 0 Å². The van der Waals surface area contributed by atoms with Crippen molar-refractivity contribution in [2.45, 2.75) is 59.2 Å². The minimum atomic E-state index is -0.296. The Balaban J connectivity index is 2.20. The molecule has 28 heavy (non-hydrogen) atoms. The predicted molar refractivity (Wildman–Crippen MR) is 110 cm³/mol. The van der Waals surface area contributed by atoms with Gasteiger partial charge in [0.1, 0.15) is 6.26 Å². The van der Waals surface area contributed by atoms with E-state index in [-0.39, 0.29) is 36.1 Å². The van der Waals surface area contributed by atoms with Gasteiger partial charge in [0.15, 0.2) is 5.69 Å². The molecule has 2 amide bonds. The molecule has 2 atom stereocenters. The van der Waals surface area contributed by atoms with E-state index in [9.17, 15) is 9.59 Å². The van der Waals surface area contributed by atoms with Crippen LogP contribution in [0.15, 0.2) is 28.9 Å². The first kappa shape index (κ1) is 22.2. The summed E-state index contributed by atoms with van der Waals surface area (Å²) in [4.78, 5) is 31.1. The average Bonchev–Trinajstić information content (AvgIpc) is 3.15. The van der Waals surface area contributed by atoms with Crippen LogP contribution in [0.5, 0.6) is 0 Å². The lowest BCUT2D eigenvalue weighted by Gasteiger charge is -2.27. The Hall–Kier alpha value is -2.05. The molecule has 0 aliphatic carbocycles. The van der Waals surface area contributed by atoms with Gasteiger partial charge in [0, 0.05) is 17.6 Å². The Bertz CT molecular complexity index is 838. The van der Waals surface area contributed by atoms with Crippen LogP contribution < -0.4 is 5.32 Å².